The summed E-state index contributed by atoms with van der Waals surface area (Å²) in [6.07, 6.45) is 7.97. The molecule has 0 aliphatic heterocycles. The van der Waals surface area contributed by atoms with Gasteiger partial charge < -0.3 is 4.74 Å². The lowest BCUT2D eigenvalue weighted by Gasteiger charge is -2.12. The lowest BCUT2D eigenvalue weighted by Crippen LogP contribution is -1.98. The van der Waals surface area contributed by atoms with Crippen LogP contribution in [0.2, 0.25) is 0 Å². The molecule has 0 radical (unpaired) electrons. The SMILES string of the molecule is C/C=C(/C)O/C(=C/C=C/C)C(C)C. The van der Waals surface area contributed by atoms with Crippen LogP contribution in [0.4, 0.5) is 0 Å². The molecule has 0 saturated carbocycles. The lowest BCUT2D eigenvalue weighted by atomic mass is 10.1. The molecule has 0 atom stereocenters. The number of ether oxygens (including phenoxy) is 1. The fraction of sp³-hybridized carbons (Fsp3) is 0.500. The highest BCUT2D eigenvalue weighted by atomic mass is 16.5. The first kappa shape index (κ1) is 12.0. The van der Waals surface area contributed by atoms with Crippen molar-refractivity contribution in [3.05, 3.63) is 35.8 Å². The first-order chi connectivity index (χ1) is 6.11. The Balaban J connectivity index is 4.44. The van der Waals surface area contributed by atoms with Crippen molar-refractivity contribution in [3.63, 3.8) is 0 Å². The van der Waals surface area contributed by atoms with Gasteiger partial charge in [0.05, 0.1) is 5.76 Å². The maximum absolute atomic E-state index is 5.63. The molecule has 0 aromatic carbocycles. The molecule has 0 unspecified atom stereocenters. The second kappa shape index (κ2) is 6.53. The van der Waals surface area contributed by atoms with Crippen LogP contribution in [0.15, 0.2) is 35.8 Å². The van der Waals surface area contributed by atoms with Crippen LogP contribution in [0.25, 0.3) is 0 Å². The van der Waals surface area contributed by atoms with Gasteiger partial charge in [-0.05, 0) is 32.9 Å². The molecule has 0 saturated heterocycles. The van der Waals surface area contributed by atoms with Gasteiger partial charge in [-0.15, -0.1) is 0 Å². The highest BCUT2D eigenvalue weighted by Gasteiger charge is 2.03. The molecular formula is C12H20O. The minimum Gasteiger partial charge on any atom is -0.466 e. The molecule has 0 aliphatic carbocycles. The first-order valence-electron chi connectivity index (χ1n) is 4.75. The van der Waals surface area contributed by atoms with Crippen LogP contribution in [-0.4, -0.2) is 0 Å². The van der Waals surface area contributed by atoms with Crippen molar-refractivity contribution >= 4 is 0 Å². The standard InChI is InChI=1S/C12H20O/c1-6-8-9-12(10(3)4)13-11(5)7-2/h6-10H,1-5H3/b8-6+,11-7-,12-9+. The molecule has 0 N–H and O–H groups in total. The molecule has 0 fully saturated rings. The van der Waals surface area contributed by atoms with E-state index in [1.807, 2.05) is 45.1 Å². The number of allylic oxidation sites excluding steroid dienone is 6. The van der Waals surface area contributed by atoms with Crippen LogP contribution in [-0.2, 0) is 4.74 Å². The largest absolute Gasteiger partial charge is 0.466 e. The van der Waals surface area contributed by atoms with Gasteiger partial charge >= 0.3 is 0 Å². The number of hydrogen-bond donors (Lipinski definition) is 0. The van der Waals surface area contributed by atoms with E-state index in [0.29, 0.717) is 5.92 Å². The van der Waals surface area contributed by atoms with Crippen LogP contribution in [0, 0.1) is 5.92 Å². The maximum Gasteiger partial charge on any atom is 0.106 e. The Kier molecular flexibility index (Phi) is 6.03. The molecule has 0 aromatic heterocycles. The molecule has 0 amide bonds. The Morgan fingerprint density at radius 2 is 1.85 bits per heavy atom. The van der Waals surface area contributed by atoms with Crippen molar-refractivity contribution in [1.29, 1.82) is 0 Å². The molecule has 0 aromatic rings. The molecule has 0 rings (SSSR count). The van der Waals surface area contributed by atoms with E-state index in [1.165, 1.54) is 0 Å². The lowest BCUT2D eigenvalue weighted by molar-refractivity contribution is 0.267. The zero-order chi connectivity index (χ0) is 10.3. The smallest absolute Gasteiger partial charge is 0.106 e. The Morgan fingerprint density at radius 1 is 1.23 bits per heavy atom. The average molecular weight is 180 g/mol. The summed E-state index contributed by atoms with van der Waals surface area (Å²) in [5.41, 5.74) is 0. The second-order valence-electron chi connectivity index (χ2n) is 3.25. The van der Waals surface area contributed by atoms with Gasteiger partial charge in [0.25, 0.3) is 0 Å². The van der Waals surface area contributed by atoms with Crippen molar-refractivity contribution in [2.45, 2.75) is 34.6 Å². The third-order valence-electron chi connectivity index (χ3n) is 1.71. The fourth-order valence-corrected chi connectivity index (χ4v) is 0.780. The third-order valence-corrected chi connectivity index (χ3v) is 1.71. The monoisotopic (exact) mass is 180 g/mol. The Bertz CT molecular complexity index is 219. The van der Waals surface area contributed by atoms with Crippen LogP contribution in [0.3, 0.4) is 0 Å². The Labute approximate surface area is 81.8 Å². The minimum absolute atomic E-state index is 0.422. The summed E-state index contributed by atoms with van der Waals surface area (Å²) in [6, 6.07) is 0. The molecule has 0 aliphatic rings. The minimum atomic E-state index is 0.422. The molecule has 1 heteroatoms. The Hall–Kier alpha value is -0.980. The summed E-state index contributed by atoms with van der Waals surface area (Å²) in [6.45, 7) is 10.2. The first-order valence-corrected chi connectivity index (χ1v) is 4.75. The number of rotatable bonds is 4. The van der Waals surface area contributed by atoms with Gasteiger partial charge in [0, 0.05) is 5.92 Å². The van der Waals surface area contributed by atoms with Gasteiger partial charge in [-0.3, -0.25) is 0 Å². The molecular weight excluding hydrogens is 160 g/mol. The summed E-state index contributed by atoms with van der Waals surface area (Å²) >= 11 is 0. The second-order valence-corrected chi connectivity index (χ2v) is 3.25. The fourth-order valence-electron chi connectivity index (χ4n) is 0.780. The van der Waals surface area contributed by atoms with Crippen molar-refractivity contribution in [2.75, 3.05) is 0 Å². The maximum atomic E-state index is 5.63. The average Bonchev–Trinajstić information content (AvgIpc) is 2.11. The Morgan fingerprint density at radius 3 is 2.23 bits per heavy atom. The zero-order valence-electron chi connectivity index (χ0n) is 9.29. The van der Waals surface area contributed by atoms with E-state index in [1.54, 1.807) is 0 Å². The van der Waals surface area contributed by atoms with E-state index in [0.717, 1.165) is 11.5 Å². The molecule has 1 nitrogen and oxygen atoms in total. The van der Waals surface area contributed by atoms with Gasteiger partial charge in [-0.2, -0.15) is 0 Å². The van der Waals surface area contributed by atoms with Crippen LogP contribution in [0.1, 0.15) is 34.6 Å². The van der Waals surface area contributed by atoms with E-state index >= 15 is 0 Å². The predicted molar refractivity (Wildman–Crippen MR) is 58.3 cm³/mol. The van der Waals surface area contributed by atoms with Crippen molar-refractivity contribution in [3.8, 4) is 0 Å². The molecule has 0 bridgehead atoms. The summed E-state index contributed by atoms with van der Waals surface area (Å²) in [7, 11) is 0. The summed E-state index contributed by atoms with van der Waals surface area (Å²) in [5.74, 6) is 2.38. The predicted octanol–water partition coefficient (Wildman–Crippen LogP) is 4.04. The molecule has 0 heterocycles. The quantitative estimate of drug-likeness (QED) is 0.468. The van der Waals surface area contributed by atoms with Crippen molar-refractivity contribution in [1.82, 2.24) is 0 Å². The zero-order valence-corrected chi connectivity index (χ0v) is 9.29. The molecule has 13 heavy (non-hydrogen) atoms. The van der Waals surface area contributed by atoms with E-state index in [4.69, 9.17) is 4.74 Å². The summed E-state index contributed by atoms with van der Waals surface area (Å²) in [4.78, 5) is 0. The highest BCUT2D eigenvalue weighted by molar-refractivity contribution is 5.10. The van der Waals surface area contributed by atoms with E-state index in [2.05, 4.69) is 13.8 Å². The van der Waals surface area contributed by atoms with Gasteiger partial charge in [-0.25, -0.2) is 0 Å². The van der Waals surface area contributed by atoms with Gasteiger partial charge in [0.2, 0.25) is 0 Å². The van der Waals surface area contributed by atoms with Crippen LogP contribution >= 0.6 is 0 Å². The van der Waals surface area contributed by atoms with Crippen molar-refractivity contribution in [2.24, 2.45) is 5.92 Å². The van der Waals surface area contributed by atoms with Gasteiger partial charge in [-0.1, -0.05) is 26.0 Å². The van der Waals surface area contributed by atoms with Gasteiger partial charge in [0.15, 0.2) is 0 Å². The molecule has 74 valence electrons. The summed E-state index contributed by atoms with van der Waals surface area (Å²) in [5, 5.41) is 0. The summed E-state index contributed by atoms with van der Waals surface area (Å²) < 4.78 is 5.63. The van der Waals surface area contributed by atoms with Crippen molar-refractivity contribution < 1.29 is 4.74 Å². The topological polar surface area (TPSA) is 9.23 Å². The molecule has 0 spiro atoms. The highest BCUT2D eigenvalue weighted by Crippen LogP contribution is 2.15. The van der Waals surface area contributed by atoms with Gasteiger partial charge in [0.1, 0.15) is 5.76 Å². The normalized spacial score (nSPS) is 14.3. The van der Waals surface area contributed by atoms with E-state index in [9.17, 15) is 0 Å². The number of hydrogen-bond acceptors (Lipinski definition) is 1. The van der Waals surface area contributed by atoms with E-state index < -0.39 is 0 Å². The van der Waals surface area contributed by atoms with Crippen LogP contribution < -0.4 is 0 Å². The van der Waals surface area contributed by atoms with Crippen LogP contribution in [0.5, 0.6) is 0 Å². The van der Waals surface area contributed by atoms with E-state index in [-0.39, 0.29) is 0 Å². The third kappa shape index (κ3) is 5.29.